The fourth-order valence-corrected chi connectivity index (χ4v) is 3.33. The van der Waals surface area contributed by atoms with Crippen LogP contribution >= 0.6 is 11.3 Å². The fourth-order valence-electron chi connectivity index (χ4n) is 2.45. The summed E-state index contributed by atoms with van der Waals surface area (Å²) in [6, 6.07) is 0. The van der Waals surface area contributed by atoms with Gasteiger partial charge in [-0.15, -0.1) is 11.3 Å². The molecule has 0 aliphatic carbocycles. The summed E-state index contributed by atoms with van der Waals surface area (Å²) in [6.45, 7) is 12.2. The van der Waals surface area contributed by atoms with E-state index >= 15 is 0 Å². The van der Waals surface area contributed by atoms with Crippen molar-refractivity contribution in [2.75, 3.05) is 18.0 Å². The molecule has 1 N–H and O–H groups in total. The summed E-state index contributed by atoms with van der Waals surface area (Å²) in [5.41, 5.74) is 0.169. The number of rotatable bonds is 4. The lowest BCUT2D eigenvalue weighted by molar-refractivity contribution is 0.404. The van der Waals surface area contributed by atoms with Crippen LogP contribution in [-0.4, -0.2) is 23.6 Å². The Labute approximate surface area is 121 Å². The molecule has 1 fully saturated rings. The van der Waals surface area contributed by atoms with Gasteiger partial charge in [-0.1, -0.05) is 13.3 Å². The van der Waals surface area contributed by atoms with E-state index in [0.717, 1.165) is 12.5 Å². The number of piperidine rings is 1. The van der Waals surface area contributed by atoms with Crippen LogP contribution < -0.4 is 10.2 Å². The number of hydrogen-bond acceptors (Lipinski definition) is 4. The molecule has 108 valence electrons. The highest BCUT2D eigenvalue weighted by atomic mass is 32.1. The van der Waals surface area contributed by atoms with Gasteiger partial charge in [-0.05, 0) is 39.5 Å². The number of thiazole rings is 1. The molecule has 1 atom stereocenters. The highest BCUT2D eigenvalue weighted by Gasteiger charge is 2.21. The van der Waals surface area contributed by atoms with Crippen molar-refractivity contribution >= 4 is 16.5 Å². The smallest absolute Gasteiger partial charge is 0.185 e. The van der Waals surface area contributed by atoms with Crippen molar-refractivity contribution in [2.24, 2.45) is 5.92 Å². The molecular weight excluding hydrogens is 254 g/mol. The van der Waals surface area contributed by atoms with E-state index in [-0.39, 0.29) is 5.54 Å². The summed E-state index contributed by atoms with van der Waals surface area (Å²) >= 11 is 1.84. The fraction of sp³-hybridized carbons (Fsp3) is 0.800. The molecule has 0 saturated carbocycles. The highest BCUT2D eigenvalue weighted by Crippen LogP contribution is 2.28. The van der Waals surface area contributed by atoms with Crippen LogP contribution in [0.5, 0.6) is 0 Å². The predicted octanol–water partition coefficient (Wildman–Crippen LogP) is 3.66. The molecule has 1 aromatic heterocycles. The zero-order chi connectivity index (χ0) is 13.9. The third kappa shape index (κ3) is 4.46. The van der Waals surface area contributed by atoms with Gasteiger partial charge < -0.3 is 10.2 Å². The molecule has 19 heavy (non-hydrogen) atoms. The molecule has 0 bridgehead atoms. The minimum atomic E-state index is 0.169. The third-order valence-corrected chi connectivity index (χ3v) is 4.76. The van der Waals surface area contributed by atoms with E-state index in [1.54, 1.807) is 0 Å². The van der Waals surface area contributed by atoms with Crippen LogP contribution in [0, 0.1) is 5.92 Å². The first-order valence-electron chi connectivity index (χ1n) is 7.42. The van der Waals surface area contributed by atoms with E-state index in [2.05, 4.69) is 42.9 Å². The minimum Gasteiger partial charge on any atom is -0.348 e. The second-order valence-electron chi connectivity index (χ2n) is 6.58. The lowest BCUT2D eigenvalue weighted by atomic mass is 9.96. The number of nitrogens with one attached hydrogen (secondary N) is 1. The number of nitrogens with zero attached hydrogens (tertiary/aromatic N) is 2. The van der Waals surface area contributed by atoms with Crippen LogP contribution in [0.2, 0.25) is 0 Å². The Bertz CT molecular complexity index is 394. The third-order valence-electron chi connectivity index (χ3n) is 3.70. The van der Waals surface area contributed by atoms with Gasteiger partial charge in [0.2, 0.25) is 0 Å². The second kappa shape index (κ2) is 6.23. The molecular formula is C15H27N3S. The zero-order valence-electron chi connectivity index (χ0n) is 12.7. The molecule has 0 aromatic carbocycles. The predicted molar refractivity (Wildman–Crippen MR) is 83.9 cm³/mol. The van der Waals surface area contributed by atoms with Crippen molar-refractivity contribution in [3.63, 3.8) is 0 Å². The van der Waals surface area contributed by atoms with Crippen molar-refractivity contribution in [2.45, 2.75) is 59.0 Å². The van der Waals surface area contributed by atoms with Crippen molar-refractivity contribution < 1.29 is 0 Å². The number of hydrogen-bond donors (Lipinski definition) is 1. The summed E-state index contributed by atoms with van der Waals surface area (Å²) in [4.78, 5) is 8.43. The largest absolute Gasteiger partial charge is 0.348 e. The van der Waals surface area contributed by atoms with Crippen molar-refractivity contribution in [1.82, 2.24) is 10.3 Å². The topological polar surface area (TPSA) is 28.2 Å². The van der Waals surface area contributed by atoms with Crippen LogP contribution in [0.1, 0.15) is 51.8 Å². The van der Waals surface area contributed by atoms with Crippen LogP contribution in [0.4, 0.5) is 5.13 Å². The Balaban J connectivity index is 1.93. The Kier molecular flexibility index (Phi) is 4.85. The number of aromatic nitrogens is 1. The molecule has 0 radical (unpaired) electrons. The quantitative estimate of drug-likeness (QED) is 0.913. The molecule has 2 heterocycles. The maximum absolute atomic E-state index is 4.61. The van der Waals surface area contributed by atoms with Crippen LogP contribution in [0.3, 0.4) is 0 Å². The first-order chi connectivity index (χ1) is 8.98. The summed E-state index contributed by atoms with van der Waals surface area (Å²) in [5, 5.41) is 4.74. The molecule has 1 saturated heterocycles. The molecule has 0 amide bonds. The summed E-state index contributed by atoms with van der Waals surface area (Å²) in [7, 11) is 0. The zero-order valence-corrected chi connectivity index (χ0v) is 13.5. The van der Waals surface area contributed by atoms with Gasteiger partial charge >= 0.3 is 0 Å². The van der Waals surface area contributed by atoms with Crippen molar-refractivity contribution in [3.8, 4) is 0 Å². The summed E-state index contributed by atoms with van der Waals surface area (Å²) in [5.74, 6) is 0.855. The van der Waals surface area contributed by atoms with Gasteiger partial charge in [0.15, 0.2) is 5.13 Å². The van der Waals surface area contributed by atoms with Gasteiger partial charge in [0.1, 0.15) is 0 Å². The van der Waals surface area contributed by atoms with Crippen molar-refractivity contribution in [3.05, 3.63) is 11.1 Å². The molecule has 2 rings (SSSR count). The van der Waals surface area contributed by atoms with Crippen LogP contribution in [0.25, 0.3) is 0 Å². The molecule has 1 aromatic rings. The van der Waals surface area contributed by atoms with E-state index < -0.39 is 0 Å². The standard InChI is InChI=1S/C15H27N3S/c1-5-12-7-6-8-18(11-12)14-16-9-13(19-14)10-17-15(2,3)4/h9,12,17H,5-8,10-11H2,1-4H3. The first kappa shape index (κ1) is 14.8. The SMILES string of the molecule is CCC1CCCN(c2ncc(CNC(C)(C)C)s2)C1. The average Bonchev–Trinajstić information content (AvgIpc) is 2.84. The van der Waals surface area contributed by atoms with E-state index in [1.165, 1.54) is 42.4 Å². The van der Waals surface area contributed by atoms with E-state index in [0.29, 0.717) is 0 Å². The summed E-state index contributed by atoms with van der Waals surface area (Å²) in [6.07, 6.45) is 6.03. The molecule has 1 aliphatic heterocycles. The molecule has 4 heteroatoms. The van der Waals surface area contributed by atoms with Crippen LogP contribution in [-0.2, 0) is 6.54 Å². The molecule has 1 aliphatic rings. The van der Waals surface area contributed by atoms with E-state index in [1.807, 2.05) is 17.5 Å². The molecule has 0 spiro atoms. The Morgan fingerprint density at radius 3 is 2.95 bits per heavy atom. The molecule has 1 unspecified atom stereocenters. The van der Waals surface area contributed by atoms with Gasteiger partial charge in [-0.3, -0.25) is 0 Å². The van der Waals surface area contributed by atoms with Crippen LogP contribution in [0.15, 0.2) is 6.20 Å². The Morgan fingerprint density at radius 1 is 1.47 bits per heavy atom. The maximum Gasteiger partial charge on any atom is 0.185 e. The first-order valence-corrected chi connectivity index (χ1v) is 8.24. The highest BCUT2D eigenvalue weighted by molar-refractivity contribution is 7.15. The second-order valence-corrected chi connectivity index (χ2v) is 7.67. The van der Waals surface area contributed by atoms with E-state index in [9.17, 15) is 0 Å². The van der Waals surface area contributed by atoms with Gasteiger partial charge in [0.25, 0.3) is 0 Å². The lowest BCUT2D eigenvalue weighted by Crippen LogP contribution is -2.35. The Hall–Kier alpha value is -0.610. The monoisotopic (exact) mass is 281 g/mol. The lowest BCUT2D eigenvalue weighted by Gasteiger charge is -2.31. The molecule has 3 nitrogen and oxygen atoms in total. The maximum atomic E-state index is 4.61. The minimum absolute atomic E-state index is 0.169. The van der Waals surface area contributed by atoms with Crippen molar-refractivity contribution in [1.29, 1.82) is 0 Å². The van der Waals surface area contributed by atoms with E-state index in [4.69, 9.17) is 0 Å². The van der Waals surface area contributed by atoms with Gasteiger partial charge in [-0.25, -0.2) is 4.98 Å². The number of anilines is 1. The average molecular weight is 281 g/mol. The Morgan fingerprint density at radius 2 is 2.26 bits per heavy atom. The van der Waals surface area contributed by atoms with Gasteiger partial charge in [-0.2, -0.15) is 0 Å². The van der Waals surface area contributed by atoms with Gasteiger partial charge in [0, 0.05) is 36.2 Å². The van der Waals surface area contributed by atoms with Gasteiger partial charge in [0.05, 0.1) is 0 Å². The summed E-state index contributed by atoms with van der Waals surface area (Å²) < 4.78 is 0. The normalized spacial score (nSPS) is 20.8.